The molecule has 0 spiro atoms. The molecule has 0 fully saturated rings. The largest absolute Gasteiger partial charge is 0.392 e. The molecule has 0 bridgehead atoms. The van der Waals surface area contributed by atoms with Crippen molar-refractivity contribution in [1.29, 1.82) is 0 Å². The molecule has 0 aliphatic heterocycles. The molecule has 2 heterocycles. The first-order valence-corrected chi connectivity index (χ1v) is 3.35. The standard InChI is InChI=1S/C8H7N2O/c11-6-7-1-2-8-9-3-4-10(8)5-7/h1-2,4-5,11H,6H2. The summed E-state index contributed by atoms with van der Waals surface area (Å²) in [6, 6.07) is 3.69. The van der Waals surface area contributed by atoms with E-state index in [9.17, 15) is 0 Å². The van der Waals surface area contributed by atoms with E-state index in [2.05, 4.69) is 11.2 Å². The molecule has 0 atom stereocenters. The molecule has 55 valence electrons. The second-order valence-corrected chi connectivity index (χ2v) is 2.33. The maximum atomic E-state index is 8.79. The van der Waals surface area contributed by atoms with Gasteiger partial charge in [-0.3, -0.25) is 0 Å². The molecule has 2 rings (SSSR count). The number of pyridine rings is 1. The summed E-state index contributed by atoms with van der Waals surface area (Å²) in [7, 11) is 0. The van der Waals surface area contributed by atoms with Gasteiger partial charge >= 0.3 is 0 Å². The summed E-state index contributed by atoms with van der Waals surface area (Å²) in [5.41, 5.74) is 1.73. The number of hydrogen-bond acceptors (Lipinski definition) is 2. The van der Waals surface area contributed by atoms with Crippen molar-refractivity contribution in [2.45, 2.75) is 6.61 Å². The molecule has 1 radical (unpaired) electrons. The summed E-state index contributed by atoms with van der Waals surface area (Å²) < 4.78 is 1.82. The Hall–Kier alpha value is -1.35. The number of nitrogens with zero attached hydrogens (tertiary/aromatic N) is 2. The smallest absolute Gasteiger partial charge is 0.137 e. The highest BCUT2D eigenvalue weighted by atomic mass is 16.3. The summed E-state index contributed by atoms with van der Waals surface area (Å²) in [4.78, 5) is 3.95. The van der Waals surface area contributed by atoms with Crippen molar-refractivity contribution in [3.8, 4) is 0 Å². The Bertz CT molecular complexity index is 367. The van der Waals surface area contributed by atoms with E-state index in [0.29, 0.717) is 0 Å². The van der Waals surface area contributed by atoms with Gasteiger partial charge in [0.15, 0.2) is 0 Å². The van der Waals surface area contributed by atoms with Crippen molar-refractivity contribution < 1.29 is 5.11 Å². The molecule has 0 unspecified atom stereocenters. The molecule has 3 heteroatoms. The normalized spacial score (nSPS) is 10.6. The molecular weight excluding hydrogens is 140 g/mol. The number of aliphatic hydroxyl groups excluding tert-OH is 1. The molecule has 0 saturated heterocycles. The van der Waals surface area contributed by atoms with Crippen LogP contribution in [0.25, 0.3) is 5.65 Å². The van der Waals surface area contributed by atoms with Crippen LogP contribution in [0.1, 0.15) is 5.56 Å². The summed E-state index contributed by atoms with van der Waals surface area (Å²) >= 11 is 0. The van der Waals surface area contributed by atoms with E-state index in [1.165, 1.54) is 0 Å². The third-order valence-corrected chi connectivity index (χ3v) is 1.57. The van der Waals surface area contributed by atoms with Gasteiger partial charge in [0.05, 0.1) is 6.61 Å². The zero-order valence-corrected chi connectivity index (χ0v) is 5.86. The van der Waals surface area contributed by atoms with Gasteiger partial charge in [-0.05, 0) is 11.6 Å². The average molecular weight is 147 g/mol. The highest BCUT2D eigenvalue weighted by molar-refractivity contribution is 5.38. The molecule has 0 aromatic carbocycles. The summed E-state index contributed by atoms with van der Waals surface area (Å²) in [6.45, 7) is 0.0636. The second kappa shape index (κ2) is 2.36. The van der Waals surface area contributed by atoms with Crippen molar-refractivity contribution >= 4 is 5.65 Å². The lowest BCUT2D eigenvalue weighted by Crippen LogP contribution is -1.88. The zero-order chi connectivity index (χ0) is 7.68. The average Bonchev–Trinajstić information content (AvgIpc) is 2.50. The fraction of sp³-hybridized carbons (Fsp3) is 0.125. The summed E-state index contributed by atoms with van der Waals surface area (Å²) in [5.74, 6) is 0. The van der Waals surface area contributed by atoms with Gasteiger partial charge < -0.3 is 9.51 Å². The lowest BCUT2D eigenvalue weighted by Gasteiger charge is -1.96. The predicted molar refractivity (Wildman–Crippen MR) is 40.0 cm³/mol. The molecule has 2 aromatic heterocycles. The topological polar surface area (TPSA) is 37.5 Å². The first kappa shape index (κ1) is 6.37. The van der Waals surface area contributed by atoms with Crippen LogP contribution in [0.3, 0.4) is 0 Å². The van der Waals surface area contributed by atoms with Crippen LogP contribution < -0.4 is 0 Å². The molecule has 11 heavy (non-hydrogen) atoms. The van der Waals surface area contributed by atoms with Gasteiger partial charge in [-0.1, -0.05) is 6.07 Å². The van der Waals surface area contributed by atoms with E-state index in [-0.39, 0.29) is 6.61 Å². The fourth-order valence-electron chi connectivity index (χ4n) is 1.00. The number of hydrogen-bond donors (Lipinski definition) is 1. The molecule has 0 saturated carbocycles. The van der Waals surface area contributed by atoms with Crippen LogP contribution in [-0.2, 0) is 6.61 Å². The Kier molecular flexibility index (Phi) is 1.36. The van der Waals surface area contributed by atoms with Gasteiger partial charge in [0.25, 0.3) is 0 Å². The van der Waals surface area contributed by atoms with Crippen molar-refractivity contribution in [2.24, 2.45) is 0 Å². The number of aromatic nitrogens is 2. The van der Waals surface area contributed by atoms with Crippen molar-refractivity contribution in [3.63, 3.8) is 0 Å². The van der Waals surface area contributed by atoms with E-state index < -0.39 is 0 Å². The van der Waals surface area contributed by atoms with Crippen LogP contribution in [0.2, 0.25) is 0 Å². The van der Waals surface area contributed by atoms with Crippen LogP contribution >= 0.6 is 0 Å². The van der Waals surface area contributed by atoms with Crippen molar-refractivity contribution in [1.82, 2.24) is 9.38 Å². The molecule has 0 aliphatic carbocycles. The minimum absolute atomic E-state index is 0.0636. The highest BCUT2D eigenvalue weighted by Crippen LogP contribution is 2.03. The molecular formula is C8H7N2O. The molecule has 1 N–H and O–H groups in total. The van der Waals surface area contributed by atoms with Gasteiger partial charge in [0.2, 0.25) is 0 Å². The molecule has 2 aromatic rings. The van der Waals surface area contributed by atoms with E-state index in [4.69, 9.17) is 5.11 Å². The van der Waals surface area contributed by atoms with Gasteiger partial charge in [-0.2, -0.15) is 0 Å². The Morgan fingerprint density at radius 3 is 3.27 bits per heavy atom. The van der Waals surface area contributed by atoms with Crippen LogP contribution in [-0.4, -0.2) is 14.5 Å². The monoisotopic (exact) mass is 147 g/mol. The minimum atomic E-state index is 0.0636. The fourth-order valence-corrected chi connectivity index (χ4v) is 1.00. The van der Waals surface area contributed by atoms with Gasteiger partial charge in [0, 0.05) is 12.4 Å². The van der Waals surface area contributed by atoms with Gasteiger partial charge in [0.1, 0.15) is 11.8 Å². The zero-order valence-electron chi connectivity index (χ0n) is 5.86. The van der Waals surface area contributed by atoms with E-state index in [0.717, 1.165) is 11.2 Å². The Labute approximate surface area is 63.9 Å². The molecule has 0 aliphatic rings. The molecule has 3 nitrogen and oxygen atoms in total. The number of rotatable bonds is 1. The van der Waals surface area contributed by atoms with Gasteiger partial charge in [-0.25, -0.2) is 4.98 Å². The maximum absolute atomic E-state index is 8.79. The lowest BCUT2D eigenvalue weighted by atomic mass is 10.3. The third-order valence-electron chi connectivity index (χ3n) is 1.57. The Balaban J connectivity index is 2.67. The third kappa shape index (κ3) is 0.991. The Morgan fingerprint density at radius 2 is 2.45 bits per heavy atom. The van der Waals surface area contributed by atoms with Crippen LogP contribution in [0.5, 0.6) is 0 Å². The van der Waals surface area contributed by atoms with Crippen molar-refractivity contribution in [2.75, 3.05) is 0 Å². The Morgan fingerprint density at radius 1 is 1.55 bits per heavy atom. The SMILES string of the molecule is OCc1ccc2n[c]cn2c1. The van der Waals surface area contributed by atoms with Gasteiger partial charge in [-0.15, -0.1) is 0 Å². The quantitative estimate of drug-likeness (QED) is 0.642. The lowest BCUT2D eigenvalue weighted by molar-refractivity contribution is 0.281. The highest BCUT2D eigenvalue weighted by Gasteiger charge is 1.93. The van der Waals surface area contributed by atoms with Crippen molar-refractivity contribution in [3.05, 3.63) is 36.3 Å². The number of aliphatic hydroxyl groups is 1. The van der Waals surface area contributed by atoms with Crippen LogP contribution in [0.4, 0.5) is 0 Å². The first-order chi connectivity index (χ1) is 5.40. The maximum Gasteiger partial charge on any atom is 0.137 e. The predicted octanol–water partition coefficient (Wildman–Crippen LogP) is 0.627. The molecule has 0 amide bonds. The second-order valence-electron chi connectivity index (χ2n) is 2.33. The number of imidazole rings is 1. The van der Waals surface area contributed by atoms with E-state index in [1.54, 1.807) is 6.20 Å². The summed E-state index contributed by atoms with van der Waals surface area (Å²) in [6.07, 6.45) is 6.28. The van der Waals surface area contributed by atoms with E-state index >= 15 is 0 Å². The van der Waals surface area contributed by atoms with Crippen LogP contribution in [0, 0.1) is 6.20 Å². The van der Waals surface area contributed by atoms with Crippen LogP contribution in [0.15, 0.2) is 24.5 Å². The van der Waals surface area contributed by atoms with E-state index in [1.807, 2.05) is 22.7 Å². The number of fused-ring (bicyclic) bond motifs is 1. The minimum Gasteiger partial charge on any atom is -0.392 e. The first-order valence-electron chi connectivity index (χ1n) is 3.35. The summed E-state index contributed by atoms with van der Waals surface area (Å²) in [5, 5.41) is 8.79.